The lowest BCUT2D eigenvalue weighted by Gasteiger charge is -2.11. The second-order valence-electron chi connectivity index (χ2n) is 8.80. The number of methoxy groups -OCH3 is 2. The number of carbonyl (C=O) groups excluding carboxylic acids is 2. The molecule has 0 unspecified atom stereocenters. The molecule has 186 valence electrons. The second-order valence-corrected chi connectivity index (χ2v) is 8.80. The Labute approximate surface area is 208 Å². The molecule has 0 radical (unpaired) electrons. The Morgan fingerprint density at radius 1 is 1.11 bits per heavy atom. The van der Waals surface area contributed by atoms with Gasteiger partial charge in [-0.1, -0.05) is 30.3 Å². The molecule has 2 N–H and O–H groups in total. The maximum Gasteiger partial charge on any atom is 0.356 e. The van der Waals surface area contributed by atoms with Crippen molar-refractivity contribution < 1.29 is 23.5 Å². The van der Waals surface area contributed by atoms with Crippen LogP contribution in [0.2, 0.25) is 0 Å². The van der Waals surface area contributed by atoms with Gasteiger partial charge >= 0.3 is 5.97 Å². The number of furan rings is 1. The Kier molecular flexibility index (Phi) is 6.73. The zero-order valence-electron chi connectivity index (χ0n) is 20.2. The third-order valence-electron chi connectivity index (χ3n) is 6.13. The van der Waals surface area contributed by atoms with E-state index in [9.17, 15) is 9.59 Å². The highest BCUT2D eigenvalue weighted by atomic mass is 16.5. The topological polar surface area (TPSA) is 108 Å². The van der Waals surface area contributed by atoms with Gasteiger partial charge in [-0.2, -0.15) is 0 Å². The van der Waals surface area contributed by atoms with Crippen molar-refractivity contribution in [2.24, 2.45) is 5.92 Å². The van der Waals surface area contributed by atoms with Crippen LogP contribution in [0, 0.1) is 5.92 Å². The average molecular weight is 489 g/mol. The van der Waals surface area contributed by atoms with E-state index in [0.29, 0.717) is 36.4 Å². The third-order valence-corrected chi connectivity index (χ3v) is 6.13. The van der Waals surface area contributed by atoms with Crippen molar-refractivity contribution in [2.45, 2.75) is 32.5 Å². The minimum absolute atomic E-state index is 0.0301. The quantitative estimate of drug-likeness (QED) is 0.315. The summed E-state index contributed by atoms with van der Waals surface area (Å²) in [4.78, 5) is 30.4. The summed E-state index contributed by atoms with van der Waals surface area (Å²) in [6.07, 6.45) is 3.40. The van der Waals surface area contributed by atoms with Gasteiger partial charge in [0.1, 0.15) is 23.8 Å². The number of nitrogens with zero attached hydrogens (tertiary/aromatic N) is 2. The van der Waals surface area contributed by atoms with Crippen molar-refractivity contribution >= 4 is 34.3 Å². The summed E-state index contributed by atoms with van der Waals surface area (Å²) < 4.78 is 17.8. The molecule has 1 fully saturated rings. The molecule has 4 aromatic rings. The van der Waals surface area contributed by atoms with Gasteiger partial charge in [-0.15, -0.1) is 0 Å². The number of nitrogens with one attached hydrogen (secondary N) is 2. The number of aromatic nitrogens is 2. The number of hydrogen-bond acceptors (Lipinski definition) is 7. The Balaban J connectivity index is 1.53. The second kappa shape index (κ2) is 10.2. The molecule has 5 rings (SSSR count). The zero-order chi connectivity index (χ0) is 25.1. The fourth-order valence-corrected chi connectivity index (χ4v) is 4.17. The van der Waals surface area contributed by atoms with E-state index in [0.717, 1.165) is 35.6 Å². The molecule has 9 heteroatoms. The number of carbonyl (C=O) groups is 2. The minimum atomic E-state index is -0.536. The van der Waals surface area contributed by atoms with Crippen LogP contribution in [0.4, 0.5) is 11.4 Å². The van der Waals surface area contributed by atoms with Gasteiger partial charge in [0.15, 0.2) is 5.69 Å². The van der Waals surface area contributed by atoms with E-state index in [1.807, 2.05) is 48.5 Å². The molecule has 0 spiro atoms. The number of pyridine rings is 1. The van der Waals surface area contributed by atoms with Crippen LogP contribution in [0.15, 0.2) is 59.1 Å². The highest BCUT2D eigenvalue weighted by molar-refractivity contribution is 6.11. The number of rotatable bonds is 10. The number of benzene rings is 1. The van der Waals surface area contributed by atoms with Crippen LogP contribution < -0.4 is 10.6 Å². The fourth-order valence-electron chi connectivity index (χ4n) is 4.17. The van der Waals surface area contributed by atoms with Crippen LogP contribution in [-0.2, 0) is 34.0 Å². The number of hydrogen-bond donors (Lipinski definition) is 2. The normalized spacial score (nSPS) is 13.1. The molecule has 9 nitrogen and oxygen atoms in total. The maximum absolute atomic E-state index is 13.0. The first-order valence-corrected chi connectivity index (χ1v) is 11.8. The maximum atomic E-state index is 13.0. The Morgan fingerprint density at radius 2 is 1.89 bits per heavy atom. The molecule has 1 amide bonds. The van der Waals surface area contributed by atoms with Crippen molar-refractivity contribution in [3.05, 3.63) is 77.5 Å². The van der Waals surface area contributed by atoms with Crippen molar-refractivity contribution in [2.75, 3.05) is 24.9 Å². The summed E-state index contributed by atoms with van der Waals surface area (Å²) in [5.74, 6) is 0.830. The predicted octanol–water partition coefficient (Wildman–Crippen LogP) is 4.57. The summed E-state index contributed by atoms with van der Waals surface area (Å²) in [7, 11) is 2.95. The van der Waals surface area contributed by atoms with Gasteiger partial charge in [0.05, 0.1) is 31.2 Å². The van der Waals surface area contributed by atoms with Gasteiger partial charge < -0.3 is 29.1 Å². The first kappa shape index (κ1) is 23.6. The lowest BCUT2D eigenvalue weighted by molar-refractivity contribution is -0.117. The molecule has 1 saturated carbocycles. The van der Waals surface area contributed by atoms with Gasteiger partial charge in [0.2, 0.25) is 5.91 Å². The van der Waals surface area contributed by atoms with Crippen LogP contribution in [0.1, 0.15) is 40.4 Å². The number of ether oxygens (including phenoxy) is 2. The van der Waals surface area contributed by atoms with Gasteiger partial charge in [0.25, 0.3) is 0 Å². The third kappa shape index (κ3) is 4.96. The standard InChI is InChI=1S/C27H28N4O5/c1-34-16-21-11-10-20(36-21)14-28-19-12-22-23(30-26(32)18-8-9-18)24(27(33)35-2)31(25(22)29-13-19)15-17-6-4-3-5-7-17/h3-7,10-13,18,28H,8-9,14-16H2,1-2H3,(H,30,32). The monoisotopic (exact) mass is 488 g/mol. The number of anilines is 2. The molecular formula is C27H28N4O5. The van der Waals surface area contributed by atoms with Crippen molar-refractivity contribution in [3.63, 3.8) is 0 Å². The highest BCUT2D eigenvalue weighted by Crippen LogP contribution is 2.36. The van der Waals surface area contributed by atoms with E-state index in [-0.39, 0.29) is 17.5 Å². The van der Waals surface area contributed by atoms with Crippen LogP contribution >= 0.6 is 0 Å². The first-order chi connectivity index (χ1) is 17.6. The molecule has 1 aliphatic rings. The average Bonchev–Trinajstić information content (AvgIpc) is 3.60. The lowest BCUT2D eigenvalue weighted by atomic mass is 10.2. The zero-order valence-corrected chi connectivity index (χ0v) is 20.2. The molecule has 3 aromatic heterocycles. The summed E-state index contributed by atoms with van der Waals surface area (Å²) >= 11 is 0. The molecule has 36 heavy (non-hydrogen) atoms. The predicted molar refractivity (Wildman–Crippen MR) is 135 cm³/mol. The van der Waals surface area contributed by atoms with Crippen LogP contribution in [0.5, 0.6) is 0 Å². The van der Waals surface area contributed by atoms with E-state index in [4.69, 9.17) is 13.9 Å². The lowest BCUT2D eigenvalue weighted by Crippen LogP contribution is -2.18. The largest absolute Gasteiger partial charge is 0.464 e. The molecule has 0 saturated heterocycles. The Hall–Kier alpha value is -4.11. The number of esters is 1. The van der Waals surface area contributed by atoms with Gasteiger partial charge in [-0.3, -0.25) is 4.79 Å². The SMILES string of the molecule is COCc1ccc(CNc2cnc3c(c2)c(NC(=O)C2CC2)c(C(=O)OC)n3Cc2ccccc2)o1. The molecule has 0 bridgehead atoms. The van der Waals surface area contributed by atoms with Crippen molar-refractivity contribution in [1.82, 2.24) is 9.55 Å². The van der Waals surface area contributed by atoms with E-state index in [1.54, 1.807) is 17.9 Å². The summed E-state index contributed by atoms with van der Waals surface area (Å²) in [5, 5.41) is 6.96. The van der Waals surface area contributed by atoms with Crippen molar-refractivity contribution in [1.29, 1.82) is 0 Å². The minimum Gasteiger partial charge on any atom is -0.464 e. The molecule has 0 atom stereocenters. The van der Waals surface area contributed by atoms with Crippen molar-refractivity contribution in [3.8, 4) is 0 Å². The summed E-state index contributed by atoms with van der Waals surface area (Å²) in [5.41, 5.74) is 2.98. The molecular weight excluding hydrogens is 460 g/mol. The first-order valence-electron chi connectivity index (χ1n) is 11.8. The summed E-state index contributed by atoms with van der Waals surface area (Å²) in [6, 6.07) is 15.4. The van der Waals surface area contributed by atoms with Crippen LogP contribution in [0.25, 0.3) is 11.0 Å². The van der Waals surface area contributed by atoms with E-state index in [1.165, 1.54) is 7.11 Å². The number of fused-ring (bicyclic) bond motifs is 1. The summed E-state index contributed by atoms with van der Waals surface area (Å²) in [6.45, 7) is 1.24. The molecule has 1 aromatic carbocycles. The van der Waals surface area contributed by atoms with E-state index in [2.05, 4.69) is 15.6 Å². The smallest absolute Gasteiger partial charge is 0.356 e. The van der Waals surface area contributed by atoms with Crippen LogP contribution in [0.3, 0.4) is 0 Å². The molecule has 3 heterocycles. The van der Waals surface area contributed by atoms with Gasteiger partial charge in [0, 0.05) is 25.0 Å². The Bertz CT molecular complexity index is 1390. The Morgan fingerprint density at radius 3 is 2.61 bits per heavy atom. The highest BCUT2D eigenvalue weighted by Gasteiger charge is 2.33. The van der Waals surface area contributed by atoms with E-state index < -0.39 is 5.97 Å². The number of amides is 1. The molecule has 1 aliphatic carbocycles. The van der Waals surface area contributed by atoms with Crippen LogP contribution in [-0.4, -0.2) is 35.6 Å². The van der Waals surface area contributed by atoms with Gasteiger partial charge in [-0.25, -0.2) is 9.78 Å². The van der Waals surface area contributed by atoms with E-state index >= 15 is 0 Å². The van der Waals surface area contributed by atoms with Gasteiger partial charge in [-0.05, 0) is 36.6 Å². The molecule has 0 aliphatic heterocycles. The fraction of sp³-hybridized carbons (Fsp3) is 0.296.